The summed E-state index contributed by atoms with van der Waals surface area (Å²) in [6.07, 6.45) is 2.50. The minimum atomic E-state index is 0.628. The molecular formula is C19H26N6. The van der Waals surface area contributed by atoms with Crippen LogP contribution in [0.4, 0.5) is 0 Å². The molecule has 4 rings (SSSR count). The molecule has 25 heavy (non-hydrogen) atoms. The van der Waals surface area contributed by atoms with E-state index in [4.69, 9.17) is 4.98 Å². The Kier molecular flexibility index (Phi) is 4.29. The fraction of sp³-hybridized carbons (Fsp3) is 0.526. The Morgan fingerprint density at radius 2 is 2.00 bits per heavy atom. The molecule has 1 atom stereocenters. The highest BCUT2D eigenvalue weighted by Gasteiger charge is 2.23. The minimum Gasteiger partial charge on any atom is -0.330 e. The van der Waals surface area contributed by atoms with Crippen LogP contribution < -0.4 is 0 Å². The number of fused-ring (bicyclic) bond motifs is 1. The van der Waals surface area contributed by atoms with Crippen LogP contribution in [0.2, 0.25) is 0 Å². The van der Waals surface area contributed by atoms with E-state index in [-0.39, 0.29) is 0 Å². The van der Waals surface area contributed by atoms with E-state index < -0.39 is 0 Å². The van der Waals surface area contributed by atoms with Gasteiger partial charge in [-0.05, 0) is 51.3 Å². The van der Waals surface area contributed by atoms with Gasteiger partial charge in [-0.2, -0.15) is 5.10 Å². The topological polar surface area (TPSA) is 51.8 Å². The van der Waals surface area contributed by atoms with Gasteiger partial charge in [0.2, 0.25) is 0 Å². The van der Waals surface area contributed by atoms with Gasteiger partial charge in [-0.3, -0.25) is 4.90 Å². The quantitative estimate of drug-likeness (QED) is 0.734. The molecule has 2 aromatic heterocycles. The van der Waals surface area contributed by atoms with Gasteiger partial charge in [0.25, 0.3) is 0 Å². The van der Waals surface area contributed by atoms with E-state index in [0.29, 0.717) is 5.92 Å². The van der Waals surface area contributed by atoms with Gasteiger partial charge < -0.3 is 4.57 Å². The third kappa shape index (κ3) is 3.31. The molecule has 0 unspecified atom stereocenters. The summed E-state index contributed by atoms with van der Waals surface area (Å²) < 4.78 is 4.29. The number of rotatable bonds is 4. The summed E-state index contributed by atoms with van der Waals surface area (Å²) in [6.45, 7) is 8.13. The van der Waals surface area contributed by atoms with Crippen LogP contribution in [0.25, 0.3) is 11.0 Å². The number of hydrogen-bond acceptors (Lipinski definition) is 4. The van der Waals surface area contributed by atoms with E-state index in [1.54, 1.807) is 0 Å². The molecule has 0 aliphatic carbocycles. The Bertz CT molecular complexity index is 877. The second-order valence-electron chi connectivity index (χ2n) is 7.21. The first-order chi connectivity index (χ1) is 12.1. The van der Waals surface area contributed by atoms with E-state index in [0.717, 1.165) is 49.2 Å². The Balaban J connectivity index is 1.45. The zero-order valence-corrected chi connectivity index (χ0v) is 15.3. The highest BCUT2D eigenvalue weighted by atomic mass is 15.3. The normalized spacial score (nSPS) is 18.9. The van der Waals surface area contributed by atoms with Crippen molar-refractivity contribution in [1.82, 2.24) is 29.2 Å². The van der Waals surface area contributed by atoms with Gasteiger partial charge in [-0.25, -0.2) is 14.6 Å². The van der Waals surface area contributed by atoms with Crippen molar-refractivity contribution in [2.24, 2.45) is 13.0 Å². The number of likely N-dealkylation sites (tertiary alicyclic amines) is 1. The molecule has 1 aromatic carbocycles. The van der Waals surface area contributed by atoms with Crippen molar-refractivity contribution in [3.63, 3.8) is 0 Å². The lowest BCUT2D eigenvalue weighted by molar-refractivity contribution is 0.148. The second kappa shape index (κ2) is 6.59. The largest absolute Gasteiger partial charge is 0.330 e. The SMILES string of the molecule is Cc1nc(C)n(C[C@H]2CCCN(Cc3nc4ccccc4n3C)C2)n1. The maximum atomic E-state index is 4.83. The second-order valence-corrected chi connectivity index (χ2v) is 7.21. The van der Waals surface area contributed by atoms with Gasteiger partial charge >= 0.3 is 0 Å². The van der Waals surface area contributed by atoms with Gasteiger partial charge in [-0.15, -0.1) is 0 Å². The van der Waals surface area contributed by atoms with Crippen LogP contribution in [0.5, 0.6) is 0 Å². The summed E-state index contributed by atoms with van der Waals surface area (Å²) in [5, 5.41) is 4.53. The van der Waals surface area contributed by atoms with Gasteiger partial charge in [-0.1, -0.05) is 12.1 Å². The molecule has 0 amide bonds. The number of imidazole rings is 1. The summed E-state index contributed by atoms with van der Waals surface area (Å²) in [7, 11) is 2.12. The van der Waals surface area contributed by atoms with Crippen LogP contribution in [-0.2, 0) is 20.1 Å². The molecule has 3 heterocycles. The molecule has 1 saturated heterocycles. The first-order valence-electron chi connectivity index (χ1n) is 9.11. The number of para-hydroxylation sites is 2. The molecule has 3 aromatic rings. The maximum absolute atomic E-state index is 4.83. The van der Waals surface area contributed by atoms with Crippen LogP contribution in [0.15, 0.2) is 24.3 Å². The van der Waals surface area contributed by atoms with E-state index in [1.165, 1.54) is 18.4 Å². The standard InChI is InChI=1S/C19H26N6/c1-14-20-15(2)25(22-14)12-16-7-6-10-24(11-16)13-19-21-17-8-4-5-9-18(17)23(19)3/h4-5,8-9,16H,6-7,10-13H2,1-3H3/t16-/m0/s1. The van der Waals surface area contributed by atoms with Crippen LogP contribution in [0.3, 0.4) is 0 Å². The van der Waals surface area contributed by atoms with E-state index in [9.17, 15) is 0 Å². The third-order valence-electron chi connectivity index (χ3n) is 5.24. The molecule has 1 aliphatic rings. The lowest BCUT2D eigenvalue weighted by atomic mass is 9.98. The monoisotopic (exact) mass is 338 g/mol. The van der Waals surface area contributed by atoms with E-state index in [1.807, 2.05) is 13.8 Å². The molecular weight excluding hydrogens is 312 g/mol. The molecule has 1 aliphatic heterocycles. The third-order valence-corrected chi connectivity index (χ3v) is 5.24. The van der Waals surface area contributed by atoms with Crippen LogP contribution >= 0.6 is 0 Å². The summed E-state index contributed by atoms with van der Waals surface area (Å²) >= 11 is 0. The van der Waals surface area contributed by atoms with Crippen molar-refractivity contribution in [1.29, 1.82) is 0 Å². The van der Waals surface area contributed by atoms with Gasteiger partial charge in [0.15, 0.2) is 0 Å². The number of aryl methyl sites for hydroxylation is 3. The zero-order valence-electron chi connectivity index (χ0n) is 15.3. The average molecular weight is 338 g/mol. The summed E-state index contributed by atoms with van der Waals surface area (Å²) in [4.78, 5) is 11.8. The fourth-order valence-corrected chi connectivity index (χ4v) is 3.96. The predicted molar refractivity (Wildman–Crippen MR) is 98.2 cm³/mol. The molecule has 132 valence electrons. The Labute approximate surface area is 148 Å². The van der Waals surface area contributed by atoms with Crippen molar-refractivity contribution in [2.45, 2.75) is 39.8 Å². The maximum Gasteiger partial charge on any atom is 0.147 e. The molecule has 0 radical (unpaired) electrons. The van der Waals surface area contributed by atoms with Crippen LogP contribution in [-0.4, -0.2) is 42.3 Å². The van der Waals surface area contributed by atoms with Crippen molar-refractivity contribution in [3.8, 4) is 0 Å². The van der Waals surface area contributed by atoms with Gasteiger partial charge in [0.05, 0.1) is 17.6 Å². The minimum absolute atomic E-state index is 0.628. The van der Waals surface area contributed by atoms with Crippen molar-refractivity contribution < 1.29 is 0 Å². The molecule has 1 fully saturated rings. The van der Waals surface area contributed by atoms with Crippen molar-refractivity contribution in [3.05, 3.63) is 41.7 Å². The summed E-state index contributed by atoms with van der Waals surface area (Å²) in [5.74, 6) is 3.66. The number of hydrogen-bond donors (Lipinski definition) is 0. The molecule has 0 spiro atoms. The van der Waals surface area contributed by atoms with E-state index in [2.05, 4.69) is 55.5 Å². The highest BCUT2D eigenvalue weighted by Crippen LogP contribution is 2.22. The lowest BCUT2D eigenvalue weighted by Gasteiger charge is -2.32. The number of piperidine rings is 1. The van der Waals surface area contributed by atoms with Crippen LogP contribution in [0, 0.1) is 19.8 Å². The number of benzene rings is 1. The predicted octanol–water partition coefficient (Wildman–Crippen LogP) is 2.69. The molecule has 0 saturated carbocycles. The van der Waals surface area contributed by atoms with Crippen molar-refractivity contribution >= 4 is 11.0 Å². The van der Waals surface area contributed by atoms with E-state index >= 15 is 0 Å². The zero-order chi connectivity index (χ0) is 17.4. The Morgan fingerprint density at radius 3 is 2.76 bits per heavy atom. The van der Waals surface area contributed by atoms with Gasteiger partial charge in [0.1, 0.15) is 17.5 Å². The molecule has 6 nitrogen and oxygen atoms in total. The van der Waals surface area contributed by atoms with Crippen molar-refractivity contribution in [2.75, 3.05) is 13.1 Å². The van der Waals surface area contributed by atoms with Crippen LogP contribution in [0.1, 0.15) is 30.3 Å². The number of aromatic nitrogens is 5. The Morgan fingerprint density at radius 1 is 1.16 bits per heavy atom. The Hall–Kier alpha value is -2.21. The number of nitrogens with zero attached hydrogens (tertiary/aromatic N) is 6. The lowest BCUT2D eigenvalue weighted by Crippen LogP contribution is -2.37. The fourth-order valence-electron chi connectivity index (χ4n) is 3.96. The smallest absolute Gasteiger partial charge is 0.147 e. The van der Waals surface area contributed by atoms with Gasteiger partial charge in [0, 0.05) is 20.1 Å². The molecule has 6 heteroatoms. The average Bonchev–Trinajstić information content (AvgIpc) is 3.07. The first kappa shape index (κ1) is 16.3. The summed E-state index contributed by atoms with van der Waals surface area (Å²) in [5.41, 5.74) is 2.29. The molecule has 0 bridgehead atoms. The first-order valence-corrected chi connectivity index (χ1v) is 9.11. The molecule has 0 N–H and O–H groups in total. The highest BCUT2D eigenvalue weighted by molar-refractivity contribution is 5.75. The summed E-state index contributed by atoms with van der Waals surface area (Å²) in [6, 6.07) is 8.36.